The van der Waals surface area contributed by atoms with Crippen molar-refractivity contribution in [2.24, 2.45) is 5.92 Å². The van der Waals surface area contributed by atoms with Crippen molar-refractivity contribution in [1.82, 2.24) is 10.2 Å². The molecule has 2 unspecified atom stereocenters. The van der Waals surface area contributed by atoms with Crippen LogP contribution in [0.1, 0.15) is 31.2 Å². The molecule has 0 aliphatic heterocycles. The first-order valence-corrected chi connectivity index (χ1v) is 3.90. The topological polar surface area (TPSA) is 28.7 Å². The van der Waals surface area contributed by atoms with Gasteiger partial charge in [-0.25, -0.2) is 0 Å². The second kappa shape index (κ2) is 2.11. The molecule has 2 atom stereocenters. The van der Waals surface area contributed by atoms with Crippen LogP contribution in [-0.2, 0) is 0 Å². The Hall–Kier alpha value is -0.790. The van der Waals surface area contributed by atoms with Gasteiger partial charge in [0.1, 0.15) is 0 Å². The summed E-state index contributed by atoms with van der Waals surface area (Å²) in [5.74, 6) is 1.77. The summed E-state index contributed by atoms with van der Waals surface area (Å²) in [6.45, 7) is 2.25. The smallest absolute Gasteiger partial charge is 0.0522 e. The Morgan fingerprint density at radius 1 is 1.80 bits per heavy atom. The molecular weight excluding hydrogens is 124 g/mol. The fourth-order valence-corrected chi connectivity index (χ4v) is 1.57. The minimum absolute atomic E-state index is 0.823. The number of hydrogen-bond acceptors (Lipinski definition) is 1. The molecule has 0 bridgehead atoms. The zero-order chi connectivity index (χ0) is 6.97. The molecule has 1 saturated carbocycles. The minimum atomic E-state index is 0.823. The van der Waals surface area contributed by atoms with Crippen molar-refractivity contribution < 1.29 is 0 Å². The lowest BCUT2D eigenvalue weighted by Crippen LogP contribution is -1.76. The summed E-state index contributed by atoms with van der Waals surface area (Å²) in [6, 6.07) is 0. The summed E-state index contributed by atoms with van der Waals surface area (Å²) in [5.41, 5.74) is 1.40. The third kappa shape index (κ3) is 0.838. The Kier molecular flexibility index (Phi) is 1.26. The highest BCUT2D eigenvalue weighted by molar-refractivity contribution is 5.19. The van der Waals surface area contributed by atoms with Crippen LogP contribution in [0.5, 0.6) is 0 Å². The highest BCUT2D eigenvalue weighted by atomic mass is 15.1. The van der Waals surface area contributed by atoms with Gasteiger partial charge in [0.05, 0.1) is 6.20 Å². The molecule has 1 N–H and O–H groups in total. The van der Waals surface area contributed by atoms with Gasteiger partial charge in [-0.05, 0) is 23.8 Å². The molecule has 54 valence electrons. The minimum Gasteiger partial charge on any atom is -0.285 e. The maximum atomic E-state index is 3.93. The van der Waals surface area contributed by atoms with Crippen molar-refractivity contribution in [1.29, 1.82) is 0 Å². The summed E-state index contributed by atoms with van der Waals surface area (Å²) in [7, 11) is 0. The number of nitrogens with zero attached hydrogens (tertiary/aromatic N) is 1. The predicted octanol–water partition coefficient (Wildman–Crippen LogP) is 1.92. The summed E-state index contributed by atoms with van der Waals surface area (Å²) in [4.78, 5) is 0. The molecule has 0 radical (unpaired) electrons. The molecule has 1 aromatic heterocycles. The van der Waals surface area contributed by atoms with Crippen molar-refractivity contribution in [3.05, 3.63) is 18.0 Å². The number of rotatable bonds is 2. The average molecular weight is 136 g/mol. The maximum absolute atomic E-state index is 3.93. The van der Waals surface area contributed by atoms with Gasteiger partial charge in [-0.2, -0.15) is 5.10 Å². The maximum Gasteiger partial charge on any atom is 0.0522 e. The predicted molar refractivity (Wildman–Crippen MR) is 39.7 cm³/mol. The lowest BCUT2D eigenvalue weighted by Gasteiger charge is -1.88. The fourth-order valence-electron chi connectivity index (χ4n) is 1.57. The van der Waals surface area contributed by atoms with E-state index >= 15 is 0 Å². The number of H-pyrrole nitrogens is 1. The van der Waals surface area contributed by atoms with Gasteiger partial charge in [0.2, 0.25) is 0 Å². The molecule has 2 heteroatoms. The fraction of sp³-hybridized carbons (Fsp3) is 0.625. The van der Waals surface area contributed by atoms with Crippen molar-refractivity contribution in [2.75, 3.05) is 0 Å². The van der Waals surface area contributed by atoms with Gasteiger partial charge in [-0.15, -0.1) is 0 Å². The van der Waals surface area contributed by atoms with Crippen LogP contribution in [0.4, 0.5) is 0 Å². The second-order valence-corrected chi connectivity index (χ2v) is 3.04. The van der Waals surface area contributed by atoms with Gasteiger partial charge in [0.15, 0.2) is 0 Å². The van der Waals surface area contributed by atoms with Crippen molar-refractivity contribution in [3.63, 3.8) is 0 Å². The van der Waals surface area contributed by atoms with Crippen molar-refractivity contribution in [2.45, 2.75) is 25.7 Å². The van der Waals surface area contributed by atoms with E-state index in [2.05, 4.69) is 17.1 Å². The number of aromatic amines is 1. The molecule has 1 aromatic rings. The van der Waals surface area contributed by atoms with Gasteiger partial charge in [-0.3, -0.25) is 5.10 Å². The summed E-state index contributed by atoms with van der Waals surface area (Å²) < 4.78 is 0. The summed E-state index contributed by atoms with van der Waals surface area (Å²) in [5, 5.41) is 6.77. The summed E-state index contributed by atoms with van der Waals surface area (Å²) >= 11 is 0. The van der Waals surface area contributed by atoms with Crippen LogP contribution in [0.2, 0.25) is 0 Å². The first-order valence-electron chi connectivity index (χ1n) is 3.90. The van der Waals surface area contributed by atoms with E-state index in [1.165, 1.54) is 18.4 Å². The van der Waals surface area contributed by atoms with E-state index in [1.54, 1.807) is 0 Å². The second-order valence-electron chi connectivity index (χ2n) is 3.04. The highest BCUT2D eigenvalue weighted by Crippen LogP contribution is 2.48. The van der Waals surface area contributed by atoms with E-state index in [-0.39, 0.29) is 0 Å². The van der Waals surface area contributed by atoms with Crippen LogP contribution in [0.3, 0.4) is 0 Å². The first kappa shape index (κ1) is 5.96. The molecule has 0 amide bonds. The first-order chi connectivity index (χ1) is 4.92. The number of aromatic nitrogens is 2. The third-order valence-electron chi connectivity index (χ3n) is 2.39. The molecule has 2 nitrogen and oxygen atoms in total. The van der Waals surface area contributed by atoms with Crippen molar-refractivity contribution in [3.8, 4) is 0 Å². The average Bonchev–Trinajstić information content (AvgIpc) is 2.56. The number of hydrogen-bond donors (Lipinski definition) is 1. The normalized spacial score (nSPS) is 30.5. The van der Waals surface area contributed by atoms with Gasteiger partial charge in [0.25, 0.3) is 0 Å². The Labute approximate surface area is 60.6 Å². The monoisotopic (exact) mass is 136 g/mol. The molecule has 0 spiro atoms. The standard InChI is InChI=1S/C8H12N2/c1-2-6-3-8(6)7-4-9-10-5-7/h4-6,8H,2-3H2,1H3,(H,9,10). The van der Waals surface area contributed by atoms with Crippen LogP contribution < -0.4 is 0 Å². The highest BCUT2D eigenvalue weighted by Gasteiger charge is 2.36. The molecule has 2 rings (SSSR count). The van der Waals surface area contributed by atoms with Gasteiger partial charge in [0, 0.05) is 6.20 Å². The quantitative estimate of drug-likeness (QED) is 0.661. The van der Waals surface area contributed by atoms with Gasteiger partial charge < -0.3 is 0 Å². The Bertz CT molecular complexity index is 203. The van der Waals surface area contributed by atoms with E-state index in [0.29, 0.717) is 0 Å². The molecule has 1 aliphatic carbocycles. The van der Waals surface area contributed by atoms with Crippen molar-refractivity contribution >= 4 is 0 Å². The molecule has 1 fully saturated rings. The molecule has 0 aromatic carbocycles. The van der Waals surface area contributed by atoms with Crippen LogP contribution in [0.15, 0.2) is 12.4 Å². The van der Waals surface area contributed by atoms with Crippen LogP contribution in [-0.4, -0.2) is 10.2 Å². The van der Waals surface area contributed by atoms with Gasteiger partial charge in [-0.1, -0.05) is 13.3 Å². The molecule has 10 heavy (non-hydrogen) atoms. The SMILES string of the molecule is CCC1CC1c1cn[nH]c1. The van der Waals surface area contributed by atoms with E-state index < -0.39 is 0 Å². The van der Waals surface area contributed by atoms with Crippen LogP contribution in [0.25, 0.3) is 0 Å². The Morgan fingerprint density at radius 2 is 2.70 bits per heavy atom. The zero-order valence-electron chi connectivity index (χ0n) is 6.17. The van der Waals surface area contributed by atoms with E-state index in [9.17, 15) is 0 Å². The Morgan fingerprint density at radius 3 is 3.20 bits per heavy atom. The number of nitrogens with one attached hydrogen (secondary N) is 1. The molecule has 0 saturated heterocycles. The molecular formula is C8H12N2. The van der Waals surface area contributed by atoms with Crippen LogP contribution >= 0.6 is 0 Å². The van der Waals surface area contributed by atoms with Gasteiger partial charge >= 0.3 is 0 Å². The lowest BCUT2D eigenvalue weighted by molar-refractivity contribution is 0.766. The molecule has 1 heterocycles. The van der Waals surface area contributed by atoms with Crippen LogP contribution in [0, 0.1) is 5.92 Å². The zero-order valence-corrected chi connectivity index (χ0v) is 6.17. The largest absolute Gasteiger partial charge is 0.285 e. The van der Waals surface area contributed by atoms with E-state index in [1.807, 2.05) is 12.4 Å². The van der Waals surface area contributed by atoms with E-state index in [0.717, 1.165) is 11.8 Å². The van der Waals surface area contributed by atoms with E-state index in [4.69, 9.17) is 0 Å². The lowest BCUT2D eigenvalue weighted by atomic mass is 10.2. The molecule has 1 aliphatic rings. The summed E-state index contributed by atoms with van der Waals surface area (Å²) in [6.07, 6.45) is 6.65. The Balaban J connectivity index is 2.05. The third-order valence-corrected chi connectivity index (χ3v) is 2.39.